The van der Waals surface area contributed by atoms with E-state index in [0.29, 0.717) is 12.8 Å². The van der Waals surface area contributed by atoms with Crippen molar-refractivity contribution >= 4 is 5.78 Å². The van der Waals surface area contributed by atoms with Gasteiger partial charge in [0.1, 0.15) is 0 Å². The van der Waals surface area contributed by atoms with Gasteiger partial charge in [-0.05, 0) is 25.0 Å². The smallest absolute Gasteiger partial charge is 0.195 e. The van der Waals surface area contributed by atoms with Crippen LogP contribution in [0.5, 0.6) is 0 Å². The first-order valence-electron chi connectivity index (χ1n) is 5.79. The van der Waals surface area contributed by atoms with Gasteiger partial charge in [-0.15, -0.1) is 0 Å². The van der Waals surface area contributed by atoms with E-state index in [2.05, 4.69) is 0 Å². The Morgan fingerprint density at radius 2 is 1.65 bits per heavy atom. The van der Waals surface area contributed by atoms with E-state index >= 15 is 0 Å². The number of halogens is 3. The van der Waals surface area contributed by atoms with Crippen LogP contribution < -0.4 is 0 Å². The highest BCUT2D eigenvalue weighted by molar-refractivity contribution is 5.98. The van der Waals surface area contributed by atoms with E-state index in [4.69, 9.17) is 0 Å². The lowest BCUT2D eigenvalue weighted by atomic mass is 9.84. The third kappa shape index (κ3) is 2.35. The van der Waals surface area contributed by atoms with Crippen molar-refractivity contribution in [2.75, 3.05) is 0 Å². The molecule has 0 bridgehead atoms. The van der Waals surface area contributed by atoms with Crippen molar-refractivity contribution in [3.8, 4) is 0 Å². The van der Waals surface area contributed by atoms with Gasteiger partial charge in [-0.1, -0.05) is 19.3 Å². The molecule has 0 N–H and O–H groups in total. The molecule has 0 atom stereocenters. The standard InChI is InChI=1S/C13H13F3O/c14-10-7-6-9(11(15)12(10)16)13(17)8-4-2-1-3-5-8/h6-8H,1-5H2. The van der Waals surface area contributed by atoms with Crippen LogP contribution in [0.15, 0.2) is 12.1 Å². The Balaban J connectivity index is 2.27. The molecule has 2 rings (SSSR count). The van der Waals surface area contributed by atoms with Crippen molar-refractivity contribution < 1.29 is 18.0 Å². The molecule has 0 amide bonds. The molecule has 4 heteroatoms. The predicted octanol–water partition coefficient (Wildman–Crippen LogP) is 3.87. The first kappa shape index (κ1) is 12.1. The normalized spacial score (nSPS) is 17.1. The molecule has 0 radical (unpaired) electrons. The minimum Gasteiger partial charge on any atom is -0.294 e. The molecule has 1 fully saturated rings. The number of Topliss-reactive ketones (excluding diaryl/α,β-unsaturated/α-hetero) is 1. The third-order valence-electron chi connectivity index (χ3n) is 3.28. The van der Waals surface area contributed by atoms with Gasteiger partial charge in [-0.3, -0.25) is 4.79 Å². The lowest BCUT2D eigenvalue weighted by Crippen LogP contribution is -2.19. The first-order valence-corrected chi connectivity index (χ1v) is 5.79. The monoisotopic (exact) mass is 242 g/mol. The van der Waals surface area contributed by atoms with Crippen molar-refractivity contribution in [2.24, 2.45) is 5.92 Å². The highest BCUT2D eigenvalue weighted by atomic mass is 19.2. The van der Waals surface area contributed by atoms with Crippen LogP contribution in [0.2, 0.25) is 0 Å². The molecule has 1 aliphatic rings. The van der Waals surface area contributed by atoms with E-state index < -0.39 is 23.2 Å². The summed E-state index contributed by atoms with van der Waals surface area (Å²) in [6.45, 7) is 0. The van der Waals surface area contributed by atoms with E-state index in [1.54, 1.807) is 0 Å². The molecule has 0 unspecified atom stereocenters. The molecular weight excluding hydrogens is 229 g/mol. The molecule has 1 aromatic carbocycles. The lowest BCUT2D eigenvalue weighted by molar-refractivity contribution is 0.0884. The van der Waals surface area contributed by atoms with E-state index in [9.17, 15) is 18.0 Å². The number of hydrogen-bond acceptors (Lipinski definition) is 1. The van der Waals surface area contributed by atoms with Crippen LogP contribution in [0.1, 0.15) is 42.5 Å². The number of benzene rings is 1. The molecule has 1 saturated carbocycles. The second kappa shape index (κ2) is 4.90. The van der Waals surface area contributed by atoms with Gasteiger partial charge in [-0.2, -0.15) is 0 Å². The number of carbonyl (C=O) groups is 1. The van der Waals surface area contributed by atoms with Gasteiger partial charge in [0.05, 0.1) is 5.56 Å². The van der Waals surface area contributed by atoms with Gasteiger partial charge in [0.25, 0.3) is 0 Å². The van der Waals surface area contributed by atoms with Crippen LogP contribution in [-0.4, -0.2) is 5.78 Å². The minimum atomic E-state index is -1.56. The molecule has 0 aliphatic heterocycles. The van der Waals surface area contributed by atoms with Crippen LogP contribution in [0.3, 0.4) is 0 Å². The Morgan fingerprint density at radius 1 is 1.00 bits per heavy atom. The van der Waals surface area contributed by atoms with E-state index in [1.165, 1.54) is 0 Å². The lowest BCUT2D eigenvalue weighted by Gasteiger charge is -2.20. The number of rotatable bonds is 2. The Bertz CT molecular complexity index is 437. The number of carbonyl (C=O) groups excluding carboxylic acids is 1. The Labute approximate surface area is 97.6 Å². The highest BCUT2D eigenvalue weighted by Crippen LogP contribution is 2.28. The molecule has 1 aromatic rings. The van der Waals surface area contributed by atoms with Gasteiger partial charge in [0, 0.05) is 5.92 Å². The molecule has 1 nitrogen and oxygen atoms in total. The summed E-state index contributed by atoms with van der Waals surface area (Å²) in [5.74, 6) is -4.83. The zero-order valence-corrected chi connectivity index (χ0v) is 9.31. The van der Waals surface area contributed by atoms with E-state index in [0.717, 1.165) is 31.4 Å². The number of hydrogen-bond donors (Lipinski definition) is 0. The Kier molecular flexibility index (Phi) is 3.50. The van der Waals surface area contributed by atoms with Crippen molar-refractivity contribution in [2.45, 2.75) is 32.1 Å². The second-order valence-corrected chi connectivity index (χ2v) is 4.42. The zero-order chi connectivity index (χ0) is 12.4. The summed E-state index contributed by atoms with van der Waals surface area (Å²) in [7, 11) is 0. The highest BCUT2D eigenvalue weighted by Gasteiger charge is 2.26. The van der Waals surface area contributed by atoms with Crippen molar-refractivity contribution in [1.29, 1.82) is 0 Å². The summed E-state index contributed by atoms with van der Waals surface area (Å²) in [6.07, 6.45) is 4.35. The van der Waals surface area contributed by atoms with Crippen molar-refractivity contribution in [3.05, 3.63) is 35.1 Å². The quantitative estimate of drug-likeness (QED) is 0.568. The molecule has 17 heavy (non-hydrogen) atoms. The molecule has 1 aliphatic carbocycles. The summed E-state index contributed by atoms with van der Waals surface area (Å²) in [5, 5.41) is 0. The Morgan fingerprint density at radius 3 is 2.29 bits per heavy atom. The summed E-state index contributed by atoms with van der Waals surface area (Å²) in [4.78, 5) is 12.0. The van der Waals surface area contributed by atoms with E-state index in [1.807, 2.05) is 0 Å². The summed E-state index contributed by atoms with van der Waals surface area (Å²) in [5.41, 5.74) is -0.323. The maximum Gasteiger partial charge on any atom is 0.195 e. The van der Waals surface area contributed by atoms with Gasteiger partial charge in [-0.25, -0.2) is 13.2 Å². The van der Waals surface area contributed by atoms with Crippen LogP contribution in [0.25, 0.3) is 0 Å². The first-order chi connectivity index (χ1) is 8.11. The van der Waals surface area contributed by atoms with Gasteiger partial charge >= 0.3 is 0 Å². The van der Waals surface area contributed by atoms with Gasteiger partial charge in [0.2, 0.25) is 0 Å². The van der Waals surface area contributed by atoms with E-state index in [-0.39, 0.29) is 11.5 Å². The zero-order valence-electron chi connectivity index (χ0n) is 9.31. The van der Waals surface area contributed by atoms with Gasteiger partial charge < -0.3 is 0 Å². The predicted molar refractivity (Wildman–Crippen MR) is 57.2 cm³/mol. The second-order valence-electron chi connectivity index (χ2n) is 4.42. The minimum absolute atomic E-state index is 0.247. The van der Waals surface area contributed by atoms with Crippen LogP contribution in [-0.2, 0) is 0 Å². The van der Waals surface area contributed by atoms with Crippen LogP contribution in [0, 0.1) is 23.4 Å². The van der Waals surface area contributed by atoms with Crippen LogP contribution in [0.4, 0.5) is 13.2 Å². The average Bonchev–Trinajstić information content (AvgIpc) is 2.36. The third-order valence-corrected chi connectivity index (χ3v) is 3.28. The summed E-state index contributed by atoms with van der Waals surface area (Å²) in [6, 6.07) is 1.83. The Hall–Kier alpha value is -1.32. The molecule has 0 heterocycles. The van der Waals surface area contributed by atoms with Crippen molar-refractivity contribution in [1.82, 2.24) is 0 Å². The topological polar surface area (TPSA) is 17.1 Å². The van der Waals surface area contributed by atoms with Crippen LogP contribution >= 0.6 is 0 Å². The fourth-order valence-corrected chi connectivity index (χ4v) is 2.30. The van der Waals surface area contributed by atoms with Gasteiger partial charge in [0.15, 0.2) is 23.2 Å². The average molecular weight is 242 g/mol. The molecular formula is C13H13F3O. The SMILES string of the molecule is O=C(c1ccc(F)c(F)c1F)C1CCCCC1. The molecule has 92 valence electrons. The molecule has 0 spiro atoms. The fraction of sp³-hybridized carbons (Fsp3) is 0.462. The largest absolute Gasteiger partial charge is 0.294 e. The van der Waals surface area contributed by atoms with Crippen molar-refractivity contribution in [3.63, 3.8) is 0 Å². The summed E-state index contributed by atoms with van der Waals surface area (Å²) >= 11 is 0. The fourth-order valence-electron chi connectivity index (χ4n) is 2.30. The maximum absolute atomic E-state index is 13.4. The number of ketones is 1. The summed E-state index contributed by atoms with van der Waals surface area (Å²) < 4.78 is 39.2. The maximum atomic E-state index is 13.4. The molecule has 0 saturated heterocycles. The molecule has 0 aromatic heterocycles.